The van der Waals surface area contributed by atoms with Gasteiger partial charge >= 0.3 is 0 Å². The maximum Gasteiger partial charge on any atom is 0.268 e. The van der Waals surface area contributed by atoms with E-state index in [1.165, 1.54) is 0 Å². The maximum absolute atomic E-state index is 12.2. The molecule has 0 saturated carbocycles. The Morgan fingerprint density at radius 2 is 2.16 bits per heavy atom. The van der Waals surface area contributed by atoms with Gasteiger partial charge in [0.2, 0.25) is 0 Å². The normalized spacial score (nSPS) is 10.7. The third kappa shape index (κ3) is 3.94. The lowest BCUT2D eigenvalue weighted by Crippen LogP contribution is -2.25. The van der Waals surface area contributed by atoms with Gasteiger partial charge < -0.3 is 9.88 Å². The molecule has 2 rings (SSSR count). The van der Waals surface area contributed by atoms with E-state index < -0.39 is 0 Å². The minimum Gasteiger partial charge on any atom is -0.346 e. The van der Waals surface area contributed by atoms with Gasteiger partial charge in [0.15, 0.2) is 0 Å². The summed E-state index contributed by atoms with van der Waals surface area (Å²) in [6.07, 6.45) is 2.94. The summed E-state index contributed by atoms with van der Waals surface area (Å²) in [4.78, 5) is 13.3. The van der Waals surface area contributed by atoms with Crippen molar-refractivity contribution in [2.24, 2.45) is 0 Å². The summed E-state index contributed by atoms with van der Waals surface area (Å²) in [5.41, 5.74) is 0.698. The standard InChI is InChI=1S/C13H14Br2N2OS/c1-2-3-17-7-9(14)5-12(17)13(18)16-6-11-4-10(15)8-19-11/h4-5,7-8H,2-3,6H2,1H3,(H,16,18). The number of nitrogens with zero attached hydrogens (tertiary/aromatic N) is 1. The number of thiophene rings is 1. The van der Waals surface area contributed by atoms with Crippen LogP contribution in [0.25, 0.3) is 0 Å². The highest BCUT2D eigenvalue weighted by Crippen LogP contribution is 2.20. The summed E-state index contributed by atoms with van der Waals surface area (Å²) in [5, 5.41) is 4.96. The largest absolute Gasteiger partial charge is 0.346 e. The molecule has 3 nitrogen and oxygen atoms in total. The molecular formula is C13H14Br2N2OS. The fourth-order valence-corrected chi connectivity index (χ4v) is 3.65. The quantitative estimate of drug-likeness (QED) is 0.784. The van der Waals surface area contributed by atoms with Gasteiger partial charge in [0.1, 0.15) is 5.69 Å². The molecule has 102 valence electrons. The van der Waals surface area contributed by atoms with Crippen molar-refractivity contribution in [1.82, 2.24) is 9.88 Å². The third-order valence-corrected chi connectivity index (χ3v) is 4.74. The second-order valence-corrected chi connectivity index (χ2v) is 6.98. The summed E-state index contributed by atoms with van der Waals surface area (Å²) < 4.78 is 3.97. The molecule has 0 bridgehead atoms. The molecule has 0 aliphatic heterocycles. The van der Waals surface area contributed by atoms with Gasteiger partial charge in [-0.2, -0.15) is 0 Å². The number of nitrogens with one attached hydrogen (secondary N) is 1. The van der Waals surface area contributed by atoms with Crippen LogP contribution in [0, 0.1) is 0 Å². The molecule has 0 atom stereocenters. The van der Waals surface area contributed by atoms with Crippen LogP contribution in [-0.2, 0) is 13.1 Å². The number of halogens is 2. The van der Waals surface area contributed by atoms with Crippen LogP contribution in [0.3, 0.4) is 0 Å². The highest BCUT2D eigenvalue weighted by Gasteiger charge is 2.12. The molecule has 0 saturated heterocycles. The van der Waals surface area contributed by atoms with E-state index in [0.29, 0.717) is 12.2 Å². The molecule has 1 N–H and O–H groups in total. The zero-order valence-electron chi connectivity index (χ0n) is 10.5. The maximum atomic E-state index is 12.2. The Kier molecular flexibility index (Phi) is 5.24. The Morgan fingerprint density at radius 1 is 1.37 bits per heavy atom. The summed E-state index contributed by atoms with van der Waals surface area (Å²) in [6, 6.07) is 3.88. The van der Waals surface area contributed by atoms with Crippen molar-refractivity contribution in [1.29, 1.82) is 0 Å². The van der Waals surface area contributed by atoms with Crippen molar-refractivity contribution in [2.45, 2.75) is 26.4 Å². The monoisotopic (exact) mass is 404 g/mol. The van der Waals surface area contributed by atoms with Crippen LogP contribution in [0.5, 0.6) is 0 Å². The summed E-state index contributed by atoms with van der Waals surface area (Å²) >= 11 is 8.45. The lowest BCUT2D eigenvalue weighted by Gasteiger charge is -2.07. The Labute approximate surface area is 133 Å². The van der Waals surface area contributed by atoms with Crippen molar-refractivity contribution in [2.75, 3.05) is 0 Å². The second kappa shape index (κ2) is 6.72. The number of hydrogen-bond donors (Lipinski definition) is 1. The molecule has 2 heterocycles. The first-order chi connectivity index (χ1) is 9.10. The zero-order chi connectivity index (χ0) is 13.8. The van der Waals surface area contributed by atoms with E-state index >= 15 is 0 Å². The number of carbonyl (C=O) groups is 1. The van der Waals surface area contributed by atoms with Crippen molar-refractivity contribution in [3.05, 3.63) is 43.2 Å². The first-order valence-electron chi connectivity index (χ1n) is 5.97. The molecule has 0 aliphatic carbocycles. The molecule has 6 heteroatoms. The van der Waals surface area contributed by atoms with Crippen molar-refractivity contribution < 1.29 is 4.79 Å². The Hall–Kier alpha value is -0.590. The fraction of sp³-hybridized carbons (Fsp3) is 0.308. The molecule has 19 heavy (non-hydrogen) atoms. The summed E-state index contributed by atoms with van der Waals surface area (Å²) in [6.45, 7) is 3.50. The number of aromatic nitrogens is 1. The number of aryl methyl sites for hydroxylation is 1. The predicted octanol–water partition coefficient (Wildman–Crippen LogP) is 4.41. The molecule has 0 radical (unpaired) electrons. The van der Waals surface area contributed by atoms with E-state index in [1.807, 2.05) is 28.3 Å². The highest BCUT2D eigenvalue weighted by atomic mass is 79.9. The predicted molar refractivity (Wildman–Crippen MR) is 85.6 cm³/mol. The van der Waals surface area contributed by atoms with Crippen LogP contribution in [-0.4, -0.2) is 10.5 Å². The van der Waals surface area contributed by atoms with E-state index in [4.69, 9.17) is 0 Å². The topological polar surface area (TPSA) is 34.0 Å². The van der Waals surface area contributed by atoms with Gasteiger partial charge in [-0.3, -0.25) is 4.79 Å². The second-order valence-electron chi connectivity index (χ2n) is 4.15. The lowest BCUT2D eigenvalue weighted by molar-refractivity contribution is 0.0942. The van der Waals surface area contributed by atoms with Gasteiger partial charge in [0.05, 0.1) is 6.54 Å². The average Bonchev–Trinajstić information content (AvgIpc) is 2.93. The number of carbonyl (C=O) groups excluding carboxylic acids is 1. The Bertz CT molecular complexity index is 577. The van der Waals surface area contributed by atoms with Gasteiger partial charge in [-0.15, -0.1) is 11.3 Å². The van der Waals surface area contributed by atoms with Crippen molar-refractivity contribution in [3.8, 4) is 0 Å². The number of rotatable bonds is 5. The molecule has 0 unspecified atom stereocenters. The number of amides is 1. The van der Waals surface area contributed by atoms with Crippen LogP contribution in [0.15, 0.2) is 32.7 Å². The molecular weight excluding hydrogens is 392 g/mol. The lowest BCUT2D eigenvalue weighted by atomic mass is 10.3. The zero-order valence-corrected chi connectivity index (χ0v) is 14.4. The van der Waals surface area contributed by atoms with Gasteiger partial charge in [-0.05, 0) is 50.4 Å². The van der Waals surface area contributed by atoms with E-state index in [0.717, 1.165) is 26.8 Å². The van der Waals surface area contributed by atoms with Crippen LogP contribution in [0.2, 0.25) is 0 Å². The van der Waals surface area contributed by atoms with E-state index in [1.54, 1.807) is 11.3 Å². The molecule has 1 amide bonds. The molecule has 0 aliphatic rings. The first kappa shape index (κ1) is 14.8. The minimum atomic E-state index is -0.0383. The average molecular weight is 406 g/mol. The van der Waals surface area contributed by atoms with Crippen LogP contribution < -0.4 is 5.32 Å². The number of hydrogen-bond acceptors (Lipinski definition) is 2. The van der Waals surface area contributed by atoms with E-state index in [9.17, 15) is 4.79 Å². The van der Waals surface area contributed by atoms with E-state index in [2.05, 4.69) is 44.1 Å². The fourth-order valence-electron chi connectivity index (χ4n) is 1.80. The van der Waals surface area contributed by atoms with Gasteiger partial charge in [0, 0.05) is 31.9 Å². The van der Waals surface area contributed by atoms with Crippen LogP contribution in [0.4, 0.5) is 0 Å². The molecule has 0 aromatic carbocycles. The van der Waals surface area contributed by atoms with Crippen molar-refractivity contribution in [3.63, 3.8) is 0 Å². The van der Waals surface area contributed by atoms with Gasteiger partial charge in [-0.1, -0.05) is 6.92 Å². The van der Waals surface area contributed by atoms with Gasteiger partial charge in [-0.25, -0.2) is 0 Å². The molecule has 0 fully saturated rings. The minimum absolute atomic E-state index is 0.0383. The van der Waals surface area contributed by atoms with Crippen LogP contribution >= 0.6 is 43.2 Å². The summed E-state index contributed by atoms with van der Waals surface area (Å²) in [5.74, 6) is -0.0383. The van der Waals surface area contributed by atoms with Crippen molar-refractivity contribution >= 4 is 49.1 Å². The molecule has 0 spiro atoms. The Morgan fingerprint density at radius 3 is 2.79 bits per heavy atom. The summed E-state index contributed by atoms with van der Waals surface area (Å²) in [7, 11) is 0. The molecule has 2 aromatic rings. The Balaban J connectivity index is 2.03. The smallest absolute Gasteiger partial charge is 0.268 e. The SMILES string of the molecule is CCCn1cc(Br)cc1C(=O)NCc1cc(Br)cs1. The first-order valence-corrected chi connectivity index (χ1v) is 8.43. The molecule has 2 aromatic heterocycles. The van der Waals surface area contributed by atoms with E-state index in [-0.39, 0.29) is 5.91 Å². The van der Waals surface area contributed by atoms with Crippen LogP contribution in [0.1, 0.15) is 28.7 Å². The highest BCUT2D eigenvalue weighted by molar-refractivity contribution is 9.10. The van der Waals surface area contributed by atoms with Gasteiger partial charge in [0.25, 0.3) is 5.91 Å². The third-order valence-electron chi connectivity index (χ3n) is 2.61.